The Hall–Kier alpha value is -2.57. The van der Waals surface area contributed by atoms with Crippen molar-refractivity contribution < 1.29 is 19.1 Å². The number of amides is 1. The van der Waals surface area contributed by atoms with Crippen LogP contribution in [0.3, 0.4) is 0 Å². The second-order valence-corrected chi connectivity index (χ2v) is 5.70. The van der Waals surface area contributed by atoms with Crippen molar-refractivity contribution in [2.24, 2.45) is 5.92 Å². The van der Waals surface area contributed by atoms with Crippen molar-refractivity contribution in [3.8, 4) is 11.5 Å². The number of hydrogen-bond acceptors (Lipinski definition) is 5. The SMILES string of the molecule is COc1cc(OCC(=O)NCC2CC2)c2cc(C(C)=O)nn2c1. The normalized spacial score (nSPS) is 13.8. The average Bonchev–Trinajstić information content (AvgIpc) is 3.26. The summed E-state index contributed by atoms with van der Waals surface area (Å²) in [5.41, 5.74) is 0.951. The molecule has 122 valence electrons. The van der Waals surface area contributed by atoms with Crippen LogP contribution in [0.25, 0.3) is 5.52 Å². The zero-order valence-corrected chi connectivity index (χ0v) is 13.2. The maximum absolute atomic E-state index is 11.8. The Morgan fingerprint density at radius 3 is 2.83 bits per heavy atom. The molecule has 0 saturated heterocycles. The van der Waals surface area contributed by atoms with E-state index in [1.807, 2.05) is 0 Å². The number of pyridine rings is 1. The Morgan fingerprint density at radius 1 is 1.39 bits per heavy atom. The molecule has 7 heteroatoms. The molecule has 0 aliphatic heterocycles. The Bertz CT molecular complexity index is 749. The fourth-order valence-corrected chi connectivity index (χ4v) is 2.21. The second kappa shape index (κ2) is 6.28. The van der Waals surface area contributed by atoms with Gasteiger partial charge in [0.05, 0.1) is 13.3 Å². The van der Waals surface area contributed by atoms with Crippen LogP contribution in [-0.2, 0) is 4.79 Å². The van der Waals surface area contributed by atoms with Crippen molar-refractivity contribution in [1.82, 2.24) is 14.9 Å². The highest BCUT2D eigenvalue weighted by atomic mass is 16.5. The van der Waals surface area contributed by atoms with E-state index in [-0.39, 0.29) is 18.3 Å². The van der Waals surface area contributed by atoms with E-state index in [9.17, 15) is 9.59 Å². The molecule has 7 nitrogen and oxygen atoms in total. The molecule has 0 spiro atoms. The van der Waals surface area contributed by atoms with Gasteiger partial charge in [0.2, 0.25) is 0 Å². The minimum atomic E-state index is -0.163. The number of carbonyl (C=O) groups is 2. The van der Waals surface area contributed by atoms with E-state index in [0.717, 1.165) is 0 Å². The number of rotatable bonds is 7. The first-order chi connectivity index (χ1) is 11.1. The van der Waals surface area contributed by atoms with Gasteiger partial charge in [-0.15, -0.1) is 0 Å². The monoisotopic (exact) mass is 317 g/mol. The van der Waals surface area contributed by atoms with Crippen LogP contribution in [0.4, 0.5) is 0 Å². The van der Waals surface area contributed by atoms with Gasteiger partial charge in [0.1, 0.15) is 22.7 Å². The molecule has 23 heavy (non-hydrogen) atoms. The molecular weight excluding hydrogens is 298 g/mol. The van der Waals surface area contributed by atoms with Gasteiger partial charge in [-0.3, -0.25) is 9.59 Å². The Kier molecular flexibility index (Phi) is 4.18. The van der Waals surface area contributed by atoms with E-state index in [1.54, 1.807) is 18.3 Å². The van der Waals surface area contributed by atoms with Gasteiger partial charge in [0.25, 0.3) is 5.91 Å². The number of Topliss-reactive ketones (excluding diaryl/α,β-unsaturated/α-hetero) is 1. The van der Waals surface area contributed by atoms with Crippen molar-refractivity contribution in [1.29, 1.82) is 0 Å². The fourth-order valence-electron chi connectivity index (χ4n) is 2.21. The van der Waals surface area contributed by atoms with E-state index in [2.05, 4.69) is 10.4 Å². The molecule has 0 atom stereocenters. The molecule has 1 N–H and O–H groups in total. The van der Waals surface area contributed by atoms with Crippen LogP contribution in [0.5, 0.6) is 11.5 Å². The minimum Gasteiger partial charge on any atom is -0.495 e. The molecule has 1 saturated carbocycles. The summed E-state index contributed by atoms with van der Waals surface area (Å²) in [7, 11) is 1.53. The van der Waals surface area contributed by atoms with Crippen LogP contribution < -0.4 is 14.8 Å². The zero-order chi connectivity index (χ0) is 16.4. The number of fused-ring (bicyclic) bond motifs is 1. The maximum Gasteiger partial charge on any atom is 0.257 e. The smallest absolute Gasteiger partial charge is 0.257 e. The number of carbonyl (C=O) groups excluding carboxylic acids is 2. The lowest BCUT2D eigenvalue weighted by molar-refractivity contribution is -0.123. The maximum atomic E-state index is 11.8. The van der Waals surface area contributed by atoms with Gasteiger partial charge in [-0.05, 0) is 24.8 Å². The lowest BCUT2D eigenvalue weighted by atomic mass is 10.3. The summed E-state index contributed by atoms with van der Waals surface area (Å²) in [6.45, 7) is 2.07. The highest BCUT2D eigenvalue weighted by molar-refractivity contribution is 5.93. The van der Waals surface area contributed by atoms with Crippen molar-refractivity contribution >= 4 is 17.2 Å². The minimum absolute atomic E-state index is 0.0872. The van der Waals surface area contributed by atoms with Crippen LogP contribution in [0, 0.1) is 5.92 Å². The summed E-state index contributed by atoms with van der Waals surface area (Å²) in [6.07, 6.45) is 4.02. The van der Waals surface area contributed by atoms with Crippen molar-refractivity contribution in [2.75, 3.05) is 20.3 Å². The highest BCUT2D eigenvalue weighted by Gasteiger charge is 2.21. The van der Waals surface area contributed by atoms with Crippen LogP contribution >= 0.6 is 0 Å². The molecule has 2 heterocycles. The topological polar surface area (TPSA) is 81.9 Å². The van der Waals surface area contributed by atoms with Crippen LogP contribution in [-0.4, -0.2) is 41.6 Å². The number of nitrogens with one attached hydrogen (secondary N) is 1. The number of ether oxygens (including phenoxy) is 2. The lowest BCUT2D eigenvalue weighted by Gasteiger charge is -2.10. The van der Waals surface area contributed by atoms with E-state index in [0.29, 0.717) is 35.2 Å². The van der Waals surface area contributed by atoms with E-state index < -0.39 is 0 Å². The number of methoxy groups -OCH3 is 1. The van der Waals surface area contributed by atoms with Crippen molar-refractivity contribution in [2.45, 2.75) is 19.8 Å². The number of nitrogens with zero attached hydrogens (tertiary/aromatic N) is 2. The van der Waals surface area contributed by atoms with Crippen molar-refractivity contribution in [3.63, 3.8) is 0 Å². The fraction of sp³-hybridized carbons (Fsp3) is 0.438. The van der Waals surface area contributed by atoms with E-state index in [4.69, 9.17) is 9.47 Å². The highest BCUT2D eigenvalue weighted by Crippen LogP contribution is 2.28. The average molecular weight is 317 g/mol. The third kappa shape index (κ3) is 3.61. The summed E-state index contributed by atoms with van der Waals surface area (Å²) in [4.78, 5) is 23.3. The third-order valence-electron chi connectivity index (χ3n) is 3.75. The summed E-state index contributed by atoms with van der Waals surface area (Å²) in [6, 6.07) is 3.31. The molecule has 1 amide bonds. The summed E-state index contributed by atoms with van der Waals surface area (Å²) < 4.78 is 12.3. The first-order valence-electron chi connectivity index (χ1n) is 7.54. The Balaban J connectivity index is 1.76. The molecule has 2 aromatic rings. The Labute approximate surface area is 133 Å². The standard InChI is InChI=1S/C16H19N3O4/c1-10(20)13-6-14-15(5-12(22-2)8-19(14)18-13)23-9-16(21)17-7-11-3-4-11/h5-6,8,11H,3-4,7,9H2,1-2H3,(H,17,21). The van der Waals surface area contributed by atoms with Gasteiger partial charge in [-0.1, -0.05) is 0 Å². The first-order valence-corrected chi connectivity index (χ1v) is 7.54. The quantitative estimate of drug-likeness (QED) is 0.782. The predicted molar refractivity (Wildman–Crippen MR) is 83.0 cm³/mol. The van der Waals surface area contributed by atoms with Gasteiger partial charge in [0.15, 0.2) is 12.4 Å². The summed E-state index contributed by atoms with van der Waals surface area (Å²) in [5, 5.41) is 7.03. The van der Waals surface area contributed by atoms with E-state index >= 15 is 0 Å². The molecule has 1 aliphatic rings. The van der Waals surface area contributed by atoms with Crippen LogP contribution in [0.2, 0.25) is 0 Å². The molecule has 0 radical (unpaired) electrons. The molecule has 0 aromatic carbocycles. The third-order valence-corrected chi connectivity index (χ3v) is 3.75. The number of hydrogen-bond donors (Lipinski definition) is 1. The second-order valence-electron chi connectivity index (χ2n) is 5.70. The molecule has 1 aliphatic carbocycles. The molecule has 2 aromatic heterocycles. The molecule has 3 rings (SSSR count). The lowest BCUT2D eigenvalue weighted by Crippen LogP contribution is -2.30. The molecule has 1 fully saturated rings. The van der Waals surface area contributed by atoms with Gasteiger partial charge in [0, 0.05) is 19.5 Å². The van der Waals surface area contributed by atoms with Gasteiger partial charge in [-0.25, -0.2) is 4.52 Å². The molecule has 0 bridgehead atoms. The number of ketones is 1. The largest absolute Gasteiger partial charge is 0.495 e. The van der Waals surface area contributed by atoms with Gasteiger partial charge >= 0.3 is 0 Å². The van der Waals surface area contributed by atoms with E-state index in [1.165, 1.54) is 31.4 Å². The van der Waals surface area contributed by atoms with Gasteiger partial charge < -0.3 is 14.8 Å². The van der Waals surface area contributed by atoms with Crippen molar-refractivity contribution in [3.05, 3.63) is 24.0 Å². The predicted octanol–water partition coefficient (Wildman–Crippen LogP) is 1.45. The summed E-state index contributed by atoms with van der Waals surface area (Å²) >= 11 is 0. The number of aromatic nitrogens is 2. The summed E-state index contributed by atoms with van der Waals surface area (Å²) in [5.74, 6) is 1.30. The van der Waals surface area contributed by atoms with Crippen LogP contribution in [0.15, 0.2) is 18.3 Å². The Morgan fingerprint density at radius 2 is 2.17 bits per heavy atom. The van der Waals surface area contributed by atoms with Crippen LogP contribution in [0.1, 0.15) is 30.3 Å². The molecule has 0 unspecified atom stereocenters. The first kappa shape index (κ1) is 15.3. The van der Waals surface area contributed by atoms with Gasteiger partial charge in [-0.2, -0.15) is 5.10 Å². The zero-order valence-electron chi connectivity index (χ0n) is 13.2. The molecular formula is C16H19N3O4.